The molecule has 0 radical (unpaired) electrons. The lowest BCUT2D eigenvalue weighted by Gasteiger charge is -2.23. The summed E-state index contributed by atoms with van der Waals surface area (Å²) in [7, 11) is 0. The predicted octanol–water partition coefficient (Wildman–Crippen LogP) is 1.83. The number of carbonyl (C=O) groups excluding carboxylic acids is 1. The van der Waals surface area contributed by atoms with Crippen LogP contribution in [0.4, 0.5) is 4.79 Å². The van der Waals surface area contributed by atoms with Crippen molar-refractivity contribution in [1.29, 1.82) is 0 Å². The molecule has 0 aromatic carbocycles. The van der Waals surface area contributed by atoms with Gasteiger partial charge in [-0.15, -0.1) is 0 Å². The summed E-state index contributed by atoms with van der Waals surface area (Å²) >= 11 is 0. The van der Waals surface area contributed by atoms with Crippen molar-refractivity contribution in [1.82, 2.24) is 10.2 Å². The van der Waals surface area contributed by atoms with Gasteiger partial charge in [0, 0.05) is 19.1 Å². The molecule has 0 atom stereocenters. The van der Waals surface area contributed by atoms with E-state index in [1.54, 1.807) is 0 Å². The second kappa shape index (κ2) is 5.16. The maximum atomic E-state index is 12.0. The highest BCUT2D eigenvalue weighted by molar-refractivity contribution is 5.80. The third-order valence-electron chi connectivity index (χ3n) is 3.89. The summed E-state index contributed by atoms with van der Waals surface area (Å²) in [6.45, 7) is 3.16. The molecule has 0 saturated heterocycles. The highest BCUT2D eigenvalue weighted by atomic mass is 16.4. The van der Waals surface area contributed by atoms with Gasteiger partial charge in [-0.3, -0.25) is 4.79 Å². The minimum absolute atomic E-state index is 0.0847. The number of unbranched alkanes of at least 4 members (excludes halogenated alkanes) is 1. The normalized spacial score (nSPS) is 20.3. The van der Waals surface area contributed by atoms with Crippen LogP contribution in [-0.4, -0.2) is 41.1 Å². The van der Waals surface area contributed by atoms with Gasteiger partial charge in [0.15, 0.2) is 0 Å². The lowest BCUT2D eigenvalue weighted by molar-refractivity contribution is -0.143. The first-order valence-electron chi connectivity index (χ1n) is 6.87. The number of carbonyl (C=O) groups is 2. The van der Waals surface area contributed by atoms with E-state index >= 15 is 0 Å². The Bertz CT molecular complexity index is 335. The fourth-order valence-electron chi connectivity index (χ4n) is 2.13. The molecule has 0 aromatic heterocycles. The number of nitrogens with zero attached hydrogens (tertiary/aromatic N) is 1. The molecule has 0 heterocycles. The highest BCUT2D eigenvalue weighted by Gasteiger charge is 2.50. The lowest BCUT2D eigenvalue weighted by atomic mass is 10.1. The van der Waals surface area contributed by atoms with Gasteiger partial charge in [-0.25, -0.2) is 4.79 Å². The molecule has 2 fully saturated rings. The predicted molar refractivity (Wildman–Crippen MR) is 67.3 cm³/mol. The fourth-order valence-corrected chi connectivity index (χ4v) is 2.13. The molecule has 0 aromatic rings. The number of hydrogen-bond donors (Lipinski definition) is 2. The Balaban J connectivity index is 1.80. The summed E-state index contributed by atoms with van der Waals surface area (Å²) in [5.74, 6) is -0.783. The highest BCUT2D eigenvalue weighted by Crippen LogP contribution is 2.45. The number of aliphatic carboxylic acids is 1. The molecule has 5 nitrogen and oxygen atoms in total. The summed E-state index contributed by atoms with van der Waals surface area (Å²) in [4.78, 5) is 24.9. The standard InChI is InChI=1S/C13H22N2O3/c1-2-3-8-15(10-4-5-10)12(18)14-9-13(6-7-13)11(16)17/h10H,2-9H2,1H3,(H,14,18)(H,16,17). The van der Waals surface area contributed by atoms with Crippen molar-refractivity contribution >= 4 is 12.0 Å². The molecule has 102 valence electrons. The topological polar surface area (TPSA) is 69.6 Å². The van der Waals surface area contributed by atoms with Crippen molar-refractivity contribution < 1.29 is 14.7 Å². The van der Waals surface area contributed by atoms with Gasteiger partial charge < -0.3 is 15.3 Å². The van der Waals surface area contributed by atoms with E-state index in [-0.39, 0.29) is 12.6 Å². The number of urea groups is 1. The Hall–Kier alpha value is -1.26. The van der Waals surface area contributed by atoms with E-state index in [0.717, 1.165) is 32.2 Å². The van der Waals surface area contributed by atoms with Crippen molar-refractivity contribution in [2.24, 2.45) is 5.41 Å². The second-order valence-electron chi connectivity index (χ2n) is 5.52. The van der Waals surface area contributed by atoms with E-state index in [1.807, 2.05) is 4.90 Å². The number of carboxylic acids is 1. The summed E-state index contributed by atoms with van der Waals surface area (Å²) in [5, 5.41) is 11.9. The zero-order valence-electron chi connectivity index (χ0n) is 10.9. The van der Waals surface area contributed by atoms with Crippen LogP contribution in [0.3, 0.4) is 0 Å². The van der Waals surface area contributed by atoms with Gasteiger partial charge >= 0.3 is 12.0 Å². The minimum atomic E-state index is -0.783. The largest absolute Gasteiger partial charge is 0.481 e. The molecule has 0 spiro atoms. The maximum absolute atomic E-state index is 12.0. The Kier molecular flexibility index (Phi) is 3.78. The number of rotatable bonds is 7. The van der Waals surface area contributed by atoms with Gasteiger partial charge in [0.1, 0.15) is 0 Å². The van der Waals surface area contributed by atoms with Gasteiger partial charge in [-0.05, 0) is 32.1 Å². The Labute approximate surface area is 108 Å². The van der Waals surface area contributed by atoms with Crippen molar-refractivity contribution in [3.8, 4) is 0 Å². The van der Waals surface area contributed by atoms with E-state index in [9.17, 15) is 9.59 Å². The van der Waals surface area contributed by atoms with E-state index < -0.39 is 11.4 Å². The lowest BCUT2D eigenvalue weighted by Crippen LogP contribution is -2.45. The maximum Gasteiger partial charge on any atom is 0.317 e. The molecule has 0 bridgehead atoms. The molecule has 2 rings (SSSR count). The van der Waals surface area contributed by atoms with E-state index in [4.69, 9.17) is 5.11 Å². The first-order chi connectivity index (χ1) is 8.59. The van der Waals surface area contributed by atoms with E-state index in [1.165, 1.54) is 0 Å². The summed E-state index contributed by atoms with van der Waals surface area (Å²) in [6, 6.07) is 0.301. The van der Waals surface area contributed by atoms with Gasteiger partial charge in [0.05, 0.1) is 5.41 Å². The van der Waals surface area contributed by atoms with Crippen LogP contribution >= 0.6 is 0 Å². The van der Waals surface area contributed by atoms with Gasteiger partial charge in [0.2, 0.25) is 0 Å². The molecule has 2 N–H and O–H groups in total. The van der Waals surface area contributed by atoms with Gasteiger partial charge in [-0.2, -0.15) is 0 Å². The smallest absolute Gasteiger partial charge is 0.317 e. The van der Waals surface area contributed by atoms with Crippen LogP contribution in [0.25, 0.3) is 0 Å². The Morgan fingerprint density at radius 3 is 2.50 bits per heavy atom. The molecule has 0 unspecified atom stereocenters. The average Bonchev–Trinajstić information content (AvgIpc) is 3.20. The quantitative estimate of drug-likeness (QED) is 0.728. The SMILES string of the molecule is CCCCN(C(=O)NCC1(C(=O)O)CC1)C1CC1. The zero-order valence-corrected chi connectivity index (χ0v) is 10.9. The van der Waals surface area contributed by atoms with Crippen molar-refractivity contribution in [3.05, 3.63) is 0 Å². The average molecular weight is 254 g/mol. The van der Waals surface area contributed by atoms with E-state index in [2.05, 4.69) is 12.2 Å². The first-order valence-corrected chi connectivity index (χ1v) is 6.87. The third kappa shape index (κ3) is 2.94. The number of hydrogen-bond acceptors (Lipinski definition) is 2. The van der Waals surface area contributed by atoms with Crippen LogP contribution in [0.1, 0.15) is 45.4 Å². The molecule has 2 saturated carbocycles. The van der Waals surface area contributed by atoms with Crippen LogP contribution < -0.4 is 5.32 Å². The zero-order chi connectivity index (χ0) is 13.2. The van der Waals surface area contributed by atoms with E-state index in [0.29, 0.717) is 18.9 Å². The molecule has 2 amide bonds. The second-order valence-corrected chi connectivity index (χ2v) is 5.52. The number of carboxylic acid groups (broad SMARTS) is 1. The van der Waals surface area contributed by atoms with Crippen LogP contribution in [0, 0.1) is 5.41 Å². The number of nitrogens with one attached hydrogen (secondary N) is 1. The third-order valence-corrected chi connectivity index (χ3v) is 3.89. The fraction of sp³-hybridized carbons (Fsp3) is 0.846. The van der Waals surface area contributed by atoms with Crippen molar-refractivity contribution in [2.75, 3.05) is 13.1 Å². The molecule has 2 aliphatic rings. The molecule has 2 aliphatic carbocycles. The van der Waals surface area contributed by atoms with Crippen LogP contribution in [0.5, 0.6) is 0 Å². The monoisotopic (exact) mass is 254 g/mol. The van der Waals surface area contributed by atoms with Crippen LogP contribution in [-0.2, 0) is 4.79 Å². The summed E-state index contributed by atoms with van der Waals surface area (Å²) < 4.78 is 0. The molecule has 18 heavy (non-hydrogen) atoms. The van der Waals surface area contributed by atoms with Gasteiger partial charge in [-0.1, -0.05) is 13.3 Å². The minimum Gasteiger partial charge on any atom is -0.481 e. The Morgan fingerprint density at radius 2 is 2.06 bits per heavy atom. The van der Waals surface area contributed by atoms with Crippen molar-refractivity contribution in [3.63, 3.8) is 0 Å². The van der Waals surface area contributed by atoms with Crippen LogP contribution in [0.15, 0.2) is 0 Å². The molecule has 0 aliphatic heterocycles. The van der Waals surface area contributed by atoms with Crippen molar-refractivity contribution in [2.45, 2.75) is 51.5 Å². The number of amides is 2. The summed E-state index contributed by atoms with van der Waals surface area (Å²) in [6.07, 6.45) is 5.61. The summed E-state index contributed by atoms with van der Waals surface area (Å²) in [5.41, 5.74) is -0.671. The Morgan fingerprint density at radius 1 is 1.39 bits per heavy atom. The molecular weight excluding hydrogens is 232 g/mol. The first kappa shape index (κ1) is 13.2. The molecule has 5 heteroatoms. The van der Waals surface area contributed by atoms with Crippen LogP contribution in [0.2, 0.25) is 0 Å². The molecular formula is C13H22N2O3. The van der Waals surface area contributed by atoms with Gasteiger partial charge in [0.25, 0.3) is 0 Å².